The Bertz CT molecular complexity index is 1220. The van der Waals surface area contributed by atoms with E-state index in [1.54, 1.807) is 68.0 Å². The molecule has 1 amide bonds. The molecule has 0 atom stereocenters. The second-order valence-electron chi connectivity index (χ2n) is 6.50. The molecular weight excluding hydrogens is 414 g/mol. The highest BCUT2D eigenvalue weighted by atomic mass is 35.5. The molecule has 0 aliphatic heterocycles. The molecule has 0 spiro atoms. The van der Waals surface area contributed by atoms with Gasteiger partial charge in [0.05, 0.1) is 18.5 Å². The zero-order chi connectivity index (χ0) is 21.6. The SMILES string of the molecule is COc1ccc(NC(=O)c2cccc(Cl)c2)cc1Nc1ncccc1-c1ccncn1. The zero-order valence-corrected chi connectivity index (χ0v) is 17.3. The minimum Gasteiger partial charge on any atom is -0.495 e. The van der Waals surface area contributed by atoms with E-state index in [1.165, 1.54) is 6.33 Å². The maximum atomic E-state index is 12.6. The molecule has 2 heterocycles. The van der Waals surface area contributed by atoms with Crippen LogP contribution >= 0.6 is 11.6 Å². The fourth-order valence-corrected chi connectivity index (χ4v) is 3.20. The van der Waals surface area contributed by atoms with Gasteiger partial charge in [-0.25, -0.2) is 15.0 Å². The van der Waals surface area contributed by atoms with E-state index in [0.717, 1.165) is 11.3 Å². The number of carbonyl (C=O) groups excluding carboxylic acids is 1. The van der Waals surface area contributed by atoms with E-state index in [1.807, 2.05) is 12.1 Å². The average Bonchev–Trinajstić information content (AvgIpc) is 2.80. The molecule has 4 rings (SSSR count). The molecule has 2 N–H and O–H groups in total. The Morgan fingerprint density at radius 1 is 1.00 bits per heavy atom. The molecule has 0 saturated heterocycles. The third-order valence-electron chi connectivity index (χ3n) is 4.46. The van der Waals surface area contributed by atoms with E-state index in [9.17, 15) is 4.79 Å². The molecule has 8 heteroatoms. The minimum atomic E-state index is -0.266. The van der Waals surface area contributed by atoms with Crippen LogP contribution in [0, 0.1) is 0 Å². The Hall–Kier alpha value is -3.97. The van der Waals surface area contributed by atoms with Crippen molar-refractivity contribution in [3.05, 3.63) is 90.0 Å². The predicted molar refractivity (Wildman–Crippen MR) is 121 cm³/mol. The van der Waals surface area contributed by atoms with Gasteiger partial charge in [0.25, 0.3) is 5.91 Å². The highest BCUT2D eigenvalue weighted by molar-refractivity contribution is 6.31. The summed E-state index contributed by atoms with van der Waals surface area (Å²) in [5.74, 6) is 0.927. The molecule has 0 unspecified atom stereocenters. The number of hydrogen-bond donors (Lipinski definition) is 2. The molecule has 0 fully saturated rings. The number of amides is 1. The van der Waals surface area contributed by atoms with Gasteiger partial charge in [-0.05, 0) is 54.6 Å². The largest absolute Gasteiger partial charge is 0.495 e. The predicted octanol–water partition coefficient (Wildman–Crippen LogP) is 5.20. The molecule has 0 saturated carbocycles. The standard InChI is InChI=1S/C23H18ClN5O2/c1-31-21-8-7-17(28-23(30)15-4-2-5-16(24)12-15)13-20(21)29-22-18(6-3-10-26-22)19-9-11-25-14-27-19/h2-14H,1H3,(H,26,29)(H,28,30). The first-order valence-electron chi connectivity index (χ1n) is 9.37. The quantitative estimate of drug-likeness (QED) is 0.436. The number of hydrogen-bond acceptors (Lipinski definition) is 6. The lowest BCUT2D eigenvalue weighted by Crippen LogP contribution is -2.12. The van der Waals surface area contributed by atoms with Gasteiger partial charge in [-0.2, -0.15) is 0 Å². The van der Waals surface area contributed by atoms with Gasteiger partial charge in [0.1, 0.15) is 17.9 Å². The van der Waals surface area contributed by atoms with Crippen LogP contribution in [0.3, 0.4) is 0 Å². The average molecular weight is 432 g/mol. The Balaban J connectivity index is 1.63. The monoisotopic (exact) mass is 431 g/mol. The number of halogens is 1. The van der Waals surface area contributed by atoms with Crippen molar-refractivity contribution in [1.29, 1.82) is 0 Å². The Labute approximate surface area is 184 Å². The van der Waals surface area contributed by atoms with Crippen LogP contribution in [0.25, 0.3) is 11.3 Å². The molecule has 0 aliphatic rings. The number of anilines is 3. The van der Waals surface area contributed by atoms with E-state index in [2.05, 4.69) is 25.6 Å². The summed E-state index contributed by atoms with van der Waals surface area (Å²) in [7, 11) is 1.58. The summed E-state index contributed by atoms with van der Waals surface area (Å²) < 4.78 is 5.48. The minimum absolute atomic E-state index is 0.266. The second-order valence-corrected chi connectivity index (χ2v) is 6.94. The van der Waals surface area contributed by atoms with Crippen molar-refractivity contribution in [3.63, 3.8) is 0 Å². The normalized spacial score (nSPS) is 10.4. The number of nitrogens with one attached hydrogen (secondary N) is 2. The van der Waals surface area contributed by atoms with Crippen LogP contribution in [0.15, 0.2) is 79.4 Å². The van der Waals surface area contributed by atoms with Crippen molar-refractivity contribution in [2.75, 3.05) is 17.7 Å². The van der Waals surface area contributed by atoms with Gasteiger partial charge in [-0.3, -0.25) is 4.79 Å². The Morgan fingerprint density at radius 2 is 1.90 bits per heavy atom. The van der Waals surface area contributed by atoms with Crippen LogP contribution in [0.2, 0.25) is 5.02 Å². The number of nitrogens with zero attached hydrogens (tertiary/aromatic N) is 3. The summed E-state index contributed by atoms with van der Waals surface area (Å²) in [6.07, 6.45) is 4.84. The fourth-order valence-electron chi connectivity index (χ4n) is 3.01. The van der Waals surface area contributed by atoms with E-state index in [4.69, 9.17) is 16.3 Å². The van der Waals surface area contributed by atoms with Crippen LogP contribution in [0.4, 0.5) is 17.2 Å². The molecular formula is C23H18ClN5O2. The van der Waals surface area contributed by atoms with Crippen molar-refractivity contribution in [2.24, 2.45) is 0 Å². The van der Waals surface area contributed by atoms with Crippen molar-refractivity contribution < 1.29 is 9.53 Å². The lowest BCUT2D eigenvalue weighted by molar-refractivity contribution is 0.102. The van der Waals surface area contributed by atoms with Gasteiger partial charge in [0.15, 0.2) is 0 Å². The van der Waals surface area contributed by atoms with Gasteiger partial charge in [0.2, 0.25) is 0 Å². The lowest BCUT2D eigenvalue weighted by atomic mass is 10.1. The number of aromatic nitrogens is 3. The first-order valence-corrected chi connectivity index (χ1v) is 9.75. The summed E-state index contributed by atoms with van der Waals surface area (Å²) >= 11 is 5.99. The summed E-state index contributed by atoms with van der Waals surface area (Å²) in [5.41, 5.74) is 3.23. The van der Waals surface area contributed by atoms with E-state index in [-0.39, 0.29) is 5.91 Å². The molecule has 154 valence electrons. The maximum Gasteiger partial charge on any atom is 0.255 e. The van der Waals surface area contributed by atoms with Crippen LogP contribution in [0.1, 0.15) is 10.4 Å². The number of pyridine rings is 1. The number of carbonyl (C=O) groups is 1. The van der Waals surface area contributed by atoms with Gasteiger partial charge in [0, 0.05) is 34.2 Å². The van der Waals surface area contributed by atoms with Crippen LogP contribution in [0.5, 0.6) is 5.75 Å². The highest BCUT2D eigenvalue weighted by Crippen LogP contribution is 2.33. The van der Waals surface area contributed by atoms with Crippen molar-refractivity contribution >= 4 is 34.7 Å². The highest BCUT2D eigenvalue weighted by Gasteiger charge is 2.13. The summed E-state index contributed by atoms with van der Waals surface area (Å²) in [6.45, 7) is 0. The van der Waals surface area contributed by atoms with E-state index >= 15 is 0 Å². The number of rotatable bonds is 6. The van der Waals surface area contributed by atoms with E-state index < -0.39 is 0 Å². The van der Waals surface area contributed by atoms with Crippen molar-refractivity contribution in [3.8, 4) is 17.0 Å². The summed E-state index contributed by atoms with van der Waals surface area (Å²) in [6, 6.07) is 17.6. The number of benzene rings is 2. The lowest BCUT2D eigenvalue weighted by Gasteiger charge is -2.15. The molecule has 2 aromatic heterocycles. The number of methoxy groups -OCH3 is 1. The van der Waals surface area contributed by atoms with E-state index in [0.29, 0.717) is 33.5 Å². The van der Waals surface area contributed by atoms with Crippen molar-refractivity contribution in [2.45, 2.75) is 0 Å². The third-order valence-corrected chi connectivity index (χ3v) is 4.70. The molecule has 0 aliphatic carbocycles. The van der Waals surface area contributed by atoms with Crippen molar-refractivity contribution in [1.82, 2.24) is 15.0 Å². The zero-order valence-electron chi connectivity index (χ0n) is 16.5. The topological polar surface area (TPSA) is 89.0 Å². The van der Waals surface area contributed by atoms with Crippen LogP contribution < -0.4 is 15.4 Å². The maximum absolute atomic E-state index is 12.6. The smallest absolute Gasteiger partial charge is 0.255 e. The molecule has 0 bridgehead atoms. The van der Waals surface area contributed by atoms with Gasteiger partial charge >= 0.3 is 0 Å². The number of ether oxygens (including phenoxy) is 1. The molecule has 2 aromatic carbocycles. The Morgan fingerprint density at radius 3 is 2.68 bits per heavy atom. The summed E-state index contributed by atoms with van der Waals surface area (Å²) in [4.78, 5) is 25.3. The van der Waals surface area contributed by atoms with Crippen LogP contribution in [-0.4, -0.2) is 28.0 Å². The second kappa shape index (κ2) is 9.23. The first kappa shape index (κ1) is 20.3. The van der Waals surface area contributed by atoms with Gasteiger partial charge in [-0.1, -0.05) is 17.7 Å². The third kappa shape index (κ3) is 4.79. The molecule has 0 radical (unpaired) electrons. The first-order chi connectivity index (χ1) is 15.1. The molecule has 31 heavy (non-hydrogen) atoms. The summed E-state index contributed by atoms with van der Waals surface area (Å²) in [5, 5.41) is 6.66. The van der Waals surface area contributed by atoms with Crippen LogP contribution in [-0.2, 0) is 0 Å². The Kier molecular flexibility index (Phi) is 6.05. The fraction of sp³-hybridized carbons (Fsp3) is 0.0435. The molecule has 7 nitrogen and oxygen atoms in total. The van der Waals surface area contributed by atoms with Gasteiger partial charge in [-0.15, -0.1) is 0 Å². The van der Waals surface area contributed by atoms with Gasteiger partial charge < -0.3 is 15.4 Å². The molecule has 4 aromatic rings.